The Morgan fingerprint density at radius 3 is 0.713 bits per heavy atom. The van der Waals surface area contributed by atoms with Crippen molar-refractivity contribution in [1.82, 2.24) is 21.3 Å². The fourth-order valence-corrected chi connectivity index (χ4v) is 18.8. The number of hydrogen-bond donors (Lipinski definition) is 36. The molecule has 0 aromatic heterocycles. The third-order valence-corrected chi connectivity index (χ3v) is 26.6. The van der Waals surface area contributed by atoms with Gasteiger partial charge in [0.05, 0.1) is 78.3 Å². The van der Waals surface area contributed by atoms with Gasteiger partial charge >= 0.3 is 0 Å². The minimum absolute atomic E-state index is 0.908. The highest BCUT2D eigenvalue weighted by Crippen LogP contribution is 2.43. The van der Waals surface area contributed by atoms with E-state index in [2.05, 4.69) is 21.3 Å². The fourth-order valence-electron chi connectivity index (χ4n) is 18.8. The lowest BCUT2D eigenvalue weighted by Gasteiger charge is -2.51. The number of hydrogen-bond acceptors (Lipinski definition) is 59. The van der Waals surface area contributed by atoms with Gasteiger partial charge in [0.2, 0.25) is 23.6 Å². The van der Waals surface area contributed by atoms with Gasteiger partial charge in [-0.05, 0) is 13.8 Å². The average molecular weight is 2100 g/mol. The molecule has 12 aliphatic rings. The summed E-state index contributed by atoms with van der Waals surface area (Å²) in [4.78, 5) is 52.5. The van der Waals surface area contributed by atoms with E-state index in [4.69, 9.17) is 109 Å². The minimum atomic E-state index is -2.45. The number of aliphatic hydroxyl groups excluding tert-OH is 32. The molecule has 0 radical (unpaired) electrons. The normalized spacial score (nSPS) is 50.7. The first-order valence-corrected chi connectivity index (χ1v) is 45.9. The Balaban J connectivity index is 0.743. The number of carbonyl (C=O) groups excluding carboxylic acids is 4. The van der Waals surface area contributed by atoms with Crippen LogP contribution in [0, 0.1) is 0 Å². The van der Waals surface area contributed by atoms with Crippen molar-refractivity contribution in [2.45, 2.75) is 410 Å². The van der Waals surface area contributed by atoms with E-state index < -0.39 is 458 Å². The zero-order valence-corrected chi connectivity index (χ0v) is 77.0. The van der Waals surface area contributed by atoms with Crippen LogP contribution < -0.4 is 21.3 Å². The number of ether oxygens (including phenoxy) is 23. The van der Waals surface area contributed by atoms with Crippen molar-refractivity contribution in [3.05, 3.63) is 0 Å². The van der Waals surface area contributed by atoms with E-state index in [9.17, 15) is 183 Å². The van der Waals surface area contributed by atoms with Crippen LogP contribution in [-0.4, -0.2) is 621 Å². The Morgan fingerprint density at radius 1 is 0.196 bits per heavy atom. The largest absolute Gasteiger partial charge is 0.394 e. The predicted molar refractivity (Wildman–Crippen MR) is 439 cm³/mol. The van der Waals surface area contributed by atoms with Crippen molar-refractivity contribution in [2.24, 2.45) is 0 Å². The average Bonchev–Trinajstić information content (AvgIpc) is 0.766. The molecule has 60 atom stereocenters. The molecule has 36 N–H and O–H groups in total. The summed E-state index contributed by atoms with van der Waals surface area (Å²) in [6.07, 6.45) is -115. The number of rotatable bonds is 36. The highest BCUT2D eigenvalue weighted by molar-refractivity contribution is 5.74. The van der Waals surface area contributed by atoms with E-state index in [0.29, 0.717) is 0 Å². The molecule has 0 saturated carbocycles. The van der Waals surface area contributed by atoms with E-state index in [1.807, 2.05) is 0 Å². The topological polar surface area (TPSA) is 976 Å². The first-order chi connectivity index (χ1) is 67.6. The Hall–Kier alpha value is -4.32. The summed E-state index contributed by atoms with van der Waals surface area (Å²) in [6.45, 7) is -5.20. The van der Waals surface area contributed by atoms with Gasteiger partial charge in [-0.1, -0.05) is 0 Å². The molecule has 828 valence electrons. The molecule has 0 spiro atoms. The van der Waals surface area contributed by atoms with Gasteiger partial charge in [-0.3, -0.25) is 19.2 Å². The summed E-state index contributed by atoms with van der Waals surface area (Å²) in [6, 6.07) is -7.93. The van der Waals surface area contributed by atoms with E-state index in [-0.39, 0.29) is 0 Å². The Labute approximate surface area is 809 Å². The first kappa shape index (κ1) is 117. The van der Waals surface area contributed by atoms with Gasteiger partial charge in [-0.15, -0.1) is 0 Å². The van der Waals surface area contributed by atoms with Crippen LogP contribution in [-0.2, 0) is 128 Å². The molecule has 0 aromatic carbocycles. The van der Waals surface area contributed by atoms with Crippen molar-refractivity contribution in [2.75, 3.05) is 66.1 Å². The van der Waals surface area contributed by atoms with E-state index in [1.165, 1.54) is 13.8 Å². The number of aliphatic hydroxyl groups is 32. The zero-order chi connectivity index (χ0) is 105. The summed E-state index contributed by atoms with van der Waals surface area (Å²) < 4.78 is 136. The van der Waals surface area contributed by atoms with Crippen molar-refractivity contribution in [3.8, 4) is 0 Å². The van der Waals surface area contributed by atoms with Crippen LogP contribution in [0.1, 0.15) is 41.5 Å². The predicted octanol–water partition coefficient (Wildman–Crippen LogP) is -24.5. The lowest BCUT2D eigenvalue weighted by molar-refractivity contribution is -0.393. The third kappa shape index (κ3) is 25.6. The fraction of sp³-hybridized carbons (Fsp3) is 0.950. The van der Waals surface area contributed by atoms with Crippen LogP contribution in [0.4, 0.5) is 0 Å². The Morgan fingerprint density at radius 2 is 0.413 bits per heavy atom. The maximum atomic E-state index is 13.2. The van der Waals surface area contributed by atoms with Gasteiger partial charge < -0.3 is 294 Å². The molecule has 12 rings (SSSR count). The van der Waals surface area contributed by atoms with Gasteiger partial charge in [-0.25, -0.2) is 0 Å². The van der Waals surface area contributed by atoms with Crippen LogP contribution >= 0.6 is 0 Å². The molecule has 12 aliphatic heterocycles. The molecular formula is C80H134N4O59. The van der Waals surface area contributed by atoms with E-state index in [1.54, 1.807) is 0 Å². The second kappa shape index (κ2) is 51.0. The van der Waals surface area contributed by atoms with E-state index >= 15 is 0 Å². The van der Waals surface area contributed by atoms with Crippen molar-refractivity contribution < 1.29 is 292 Å². The smallest absolute Gasteiger partial charge is 0.217 e. The Bertz CT molecular complexity index is 3960. The summed E-state index contributed by atoms with van der Waals surface area (Å²) in [5, 5.41) is 368. The number of nitrogens with one attached hydrogen (secondary N) is 4. The summed E-state index contributed by atoms with van der Waals surface area (Å²) >= 11 is 0. The minimum Gasteiger partial charge on any atom is -0.394 e. The van der Waals surface area contributed by atoms with Crippen molar-refractivity contribution in [3.63, 3.8) is 0 Å². The first-order valence-electron chi connectivity index (χ1n) is 45.9. The highest BCUT2D eigenvalue weighted by Gasteiger charge is 2.64. The van der Waals surface area contributed by atoms with Gasteiger partial charge in [0.25, 0.3) is 0 Å². The Kier molecular flexibility index (Phi) is 41.8. The quantitative estimate of drug-likeness (QED) is 0.0277. The van der Waals surface area contributed by atoms with Gasteiger partial charge in [0, 0.05) is 27.7 Å². The van der Waals surface area contributed by atoms with Crippen LogP contribution in [0.25, 0.3) is 0 Å². The summed E-state index contributed by atoms with van der Waals surface area (Å²) in [7, 11) is 0. The lowest BCUT2D eigenvalue weighted by Crippen LogP contribution is -2.71. The zero-order valence-electron chi connectivity index (χ0n) is 77.0. The number of amides is 4. The standard InChI is InChI=1S/C80H134N4O59/c1-17-37(98)48(109)54(115)74(122-17)142-67-50(111)39(100)23(7-85)127-79(67)137-61-30(14-92)131-72(35(46(61)107)83-21(5)96)140-65-42(103)26(10-88)126-77(57(65)118)135-60-29(13-91)130-71(34(45(60)106)82-20(4)95)139-64-41(102)25(9-87)125-76(56(64)117)134-59-28(12-90)129-70(33(44(59)105)81-19(3)94)121-16-32-43(104)66(58(119)78(133-32)136-63-27(11-89)124-69(120)53(114)52(63)113)141-73-36(84-22(6)97)47(108)62(31(15-93)132-73)138-80-68(51(112)40(101)24(8-86)128-80)143-75-55(116)49(110)38(99)18(2)123-75/h17-18,23-80,85-93,98-120H,7-16H2,1-6H3,(H,81,94)(H,82,95)(H,83,96)(H,84,97)/t17-,18-,23+,24+,25+,26+,27+,28+,29+,30+,31+,32+,33+,34+,35+,36+,37+,38+,39-,40-,41-,42-,43-,44+,45+,46+,47+,48+,49+,50-,51-,52+,53+,54-,55-,56+,57+,58+,59+,60+,61+,62+,63+,64-,65-,66-,67+,68+,69?,70+,71-,72-,73-,74-,75-,76-,77-,78-,79-,80-/m0/s1. The van der Waals surface area contributed by atoms with Gasteiger partial charge in [0.1, 0.15) is 281 Å². The summed E-state index contributed by atoms with van der Waals surface area (Å²) in [5.74, 6) is -3.92. The molecule has 4 amide bonds. The lowest BCUT2D eigenvalue weighted by atomic mass is 9.93. The molecule has 12 fully saturated rings. The molecule has 0 aromatic rings. The molecule has 0 bridgehead atoms. The molecular weight excluding hydrogens is 1960 g/mol. The van der Waals surface area contributed by atoms with Crippen LogP contribution in [0.3, 0.4) is 0 Å². The molecule has 63 nitrogen and oxygen atoms in total. The van der Waals surface area contributed by atoms with Gasteiger partial charge in [-0.2, -0.15) is 0 Å². The maximum absolute atomic E-state index is 13.2. The van der Waals surface area contributed by atoms with E-state index in [0.717, 1.165) is 27.7 Å². The van der Waals surface area contributed by atoms with Gasteiger partial charge in [0.15, 0.2) is 75.5 Å². The van der Waals surface area contributed by atoms with Crippen LogP contribution in [0.5, 0.6) is 0 Å². The summed E-state index contributed by atoms with van der Waals surface area (Å²) in [5.41, 5.74) is 0. The molecule has 1 unspecified atom stereocenters. The molecule has 12 saturated heterocycles. The molecule has 0 aliphatic carbocycles. The van der Waals surface area contributed by atoms with Crippen LogP contribution in [0.2, 0.25) is 0 Å². The molecule has 143 heavy (non-hydrogen) atoms. The monoisotopic (exact) mass is 2090 g/mol. The second-order valence-electron chi connectivity index (χ2n) is 36.6. The molecule has 12 heterocycles. The highest BCUT2D eigenvalue weighted by atomic mass is 16.8. The second-order valence-corrected chi connectivity index (χ2v) is 36.6. The SMILES string of the molecule is CC(=O)N[C@H]1[C@H](OC[C@H]2O[C@@H](O[C@H]3[C@H](O)[C@@H](O)C(O)O[C@@H]3CO)[C@H](O)[C@@H](O[C@@H]3O[C@H](CO)[C@@H](O[C@@H]4O[C@H](CO)[C@H](O)[C@H](O)[C@H]4O[C@@H]4O[C@@H](C)[C@@H](O)[C@@H](O)[C@@H]4O)[C@H](O)[C@H]3NC(C)=O)[C@H]2O)O[C@H](CO)[C@@H](O[C@@H]2O[C@H](CO)[C@H](O)[C@H](O[C@@H]3O[C@H](CO)[C@@H](O[C@@H]4O[C@H](CO)[C@H](O)[C@H](O[C@@H]5O[C@H](CO)[C@@H](O[C@@H]6O[C@H](CO)[C@H](O)[C@H](O)[C@H]6O[C@@H]6O[C@@H](C)[C@@H](O)[C@@H](O)[C@@H]6O)[C@H](O)[C@H]5NC(C)=O)[C@H]4O)[C@H](O)[C@H]3NC(C)=O)[C@H]2O)[C@@H]1O. The third-order valence-electron chi connectivity index (χ3n) is 26.6. The maximum Gasteiger partial charge on any atom is 0.217 e. The van der Waals surface area contributed by atoms with Crippen LogP contribution in [0.15, 0.2) is 0 Å². The van der Waals surface area contributed by atoms with Crippen molar-refractivity contribution >= 4 is 23.6 Å². The van der Waals surface area contributed by atoms with Crippen molar-refractivity contribution in [1.29, 1.82) is 0 Å². The number of carbonyl (C=O) groups is 4. The molecule has 63 heteroatoms.